The lowest BCUT2D eigenvalue weighted by molar-refractivity contribution is 0.0697. The maximum absolute atomic E-state index is 10.9. The number of carboxylic acids is 1. The van der Waals surface area contributed by atoms with E-state index in [1.165, 1.54) is 0 Å². The molecule has 0 spiro atoms. The minimum absolute atomic E-state index is 0.211. The Balaban J connectivity index is 2.33. The van der Waals surface area contributed by atoms with Gasteiger partial charge in [-0.15, -0.1) is 5.10 Å². The van der Waals surface area contributed by atoms with Gasteiger partial charge in [0, 0.05) is 6.54 Å². The van der Waals surface area contributed by atoms with Gasteiger partial charge in [-0.3, -0.25) is 0 Å². The highest BCUT2D eigenvalue weighted by Gasteiger charge is 2.13. The molecule has 0 atom stereocenters. The zero-order valence-electron chi connectivity index (χ0n) is 10.8. The maximum Gasteiger partial charge on any atom is 0.335 e. The zero-order valence-corrected chi connectivity index (χ0v) is 10.8. The highest BCUT2D eigenvalue weighted by atomic mass is 16.4. The number of aryl methyl sites for hydroxylation is 1. The molecule has 0 fully saturated rings. The van der Waals surface area contributed by atoms with Crippen molar-refractivity contribution in [3.05, 3.63) is 23.8 Å². The molecule has 1 aromatic carbocycles. The molecule has 1 aromatic heterocycles. The van der Waals surface area contributed by atoms with Crippen molar-refractivity contribution in [1.29, 1.82) is 0 Å². The van der Waals surface area contributed by atoms with Gasteiger partial charge in [0.1, 0.15) is 5.52 Å². The molecule has 0 aliphatic carbocycles. The Labute approximate surface area is 105 Å². The predicted octanol–water partition coefficient (Wildman–Crippen LogP) is 2.57. The predicted molar refractivity (Wildman–Crippen MR) is 68.6 cm³/mol. The van der Waals surface area contributed by atoms with E-state index >= 15 is 0 Å². The topological polar surface area (TPSA) is 68.0 Å². The van der Waals surface area contributed by atoms with Crippen LogP contribution in [0.4, 0.5) is 0 Å². The van der Waals surface area contributed by atoms with Crippen LogP contribution in [0, 0.1) is 5.41 Å². The van der Waals surface area contributed by atoms with Crippen molar-refractivity contribution in [2.45, 2.75) is 33.7 Å². The fourth-order valence-electron chi connectivity index (χ4n) is 1.70. The lowest BCUT2D eigenvalue weighted by atomic mass is 9.92. The molecule has 0 unspecified atom stereocenters. The normalized spacial score (nSPS) is 11.9. The molecule has 0 saturated carbocycles. The van der Waals surface area contributed by atoms with E-state index in [1.807, 2.05) is 0 Å². The van der Waals surface area contributed by atoms with Crippen LogP contribution in [0.2, 0.25) is 0 Å². The lowest BCUT2D eigenvalue weighted by Gasteiger charge is -2.17. The zero-order chi connectivity index (χ0) is 13.3. The smallest absolute Gasteiger partial charge is 0.335 e. The number of carbonyl (C=O) groups is 1. The summed E-state index contributed by atoms with van der Waals surface area (Å²) in [7, 11) is 0. The fourth-order valence-corrected chi connectivity index (χ4v) is 1.70. The number of carboxylic acid groups (broad SMARTS) is 1. The van der Waals surface area contributed by atoms with E-state index in [4.69, 9.17) is 5.11 Å². The van der Waals surface area contributed by atoms with Crippen molar-refractivity contribution >= 4 is 17.0 Å². The number of fused-ring (bicyclic) bond motifs is 1. The second-order valence-corrected chi connectivity index (χ2v) is 5.63. The molecule has 0 bridgehead atoms. The van der Waals surface area contributed by atoms with Crippen molar-refractivity contribution < 1.29 is 9.90 Å². The molecule has 1 heterocycles. The summed E-state index contributed by atoms with van der Waals surface area (Å²) >= 11 is 0. The molecule has 0 amide bonds. The van der Waals surface area contributed by atoms with Crippen LogP contribution in [0.1, 0.15) is 37.6 Å². The van der Waals surface area contributed by atoms with Crippen molar-refractivity contribution in [3.63, 3.8) is 0 Å². The van der Waals surface area contributed by atoms with Crippen molar-refractivity contribution in [1.82, 2.24) is 15.0 Å². The van der Waals surface area contributed by atoms with Crippen molar-refractivity contribution in [3.8, 4) is 0 Å². The highest BCUT2D eigenvalue weighted by molar-refractivity contribution is 5.92. The first-order valence-electron chi connectivity index (χ1n) is 5.93. The molecular weight excluding hydrogens is 230 g/mol. The molecule has 18 heavy (non-hydrogen) atoms. The molecule has 0 aliphatic rings. The number of hydrogen-bond donors (Lipinski definition) is 1. The first-order valence-corrected chi connectivity index (χ1v) is 5.93. The molecular formula is C13H17N3O2. The molecule has 5 nitrogen and oxygen atoms in total. The van der Waals surface area contributed by atoms with Gasteiger partial charge in [0.25, 0.3) is 0 Å². The van der Waals surface area contributed by atoms with E-state index in [9.17, 15) is 4.79 Å². The Hall–Kier alpha value is -1.91. The largest absolute Gasteiger partial charge is 0.478 e. The van der Waals surface area contributed by atoms with E-state index in [0.29, 0.717) is 0 Å². The van der Waals surface area contributed by atoms with Crippen LogP contribution < -0.4 is 0 Å². The molecule has 96 valence electrons. The summed E-state index contributed by atoms with van der Waals surface area (Å²) in [6.45, 7) is 7.22. The second kappa shape index (κ2) is 4.40. The van der Waals surface area contributed by atoms with Gasteiger partial charge in [-0.25, -0.2) is 9.48 Å². The van der Waals surface area contributed by atoms with Crippen LogP contribution in [0.3, 0.4) is 0 Å². The Morgan fingerprint density at radius 1 is 1.39 bits per heavy atom. The van der Waals surface area contributed by atoms with Crippen LogP contribution in [0.5, 0.6) is 0 Å². The third kappa shape index (κ3) is 2.67. The van der Waals surface area contributed by atoms with Gasteiger partial charge < -0.3 is 5.11 Å². The number of nitrogens with zero attached hydrogens (tertiary/aromatic N) is 3. The summed E-state index contributed by atoms with van der Waals surface area (Å²) in [5, 5.41) is 17.1. The Morgan fingerprint density at radius 3 is 2.72 bits per heavy atom. The van der Waals surface area contributed by atoms with Crippen LogP contribution in [-0.2, 0) is 6.54 Å². The first-order chi connectivity index (χ1) is 8.37. The van der Waals surface area contributed by atoms with E-state index in [1.54, 1.807) is 22.9 Å². The van der Waals surface area contributed by atoms with Gasteiger partial charge in [0.15, 0.2) is 0 Å². The first kappa shape index (κ1) is 12.5. The van der Waals surface area contributed by atoms with Crippen LogP contribution in [0.15, 0.2) is 18.2 Å². The standard InChI is InChI=1S/C13H17N3O2/c1-13(2,3)6-7-16-11-8-9(12(17)18)4-5-10(11)14-15-16/h4-5,8H,6-7H2,1-3H3,(H,17,18). The summed E-state index contributed by atoms with van der Waals surface area (Å²) in [5.41, 5.74) is 1.98. The number of rotatable bonds is 3. The molecule has 1 N–H and O–H groups in total. The minimum atomic E-state index is -0.930. The average molecular weight is 247 g/mol. The second-order valence-electron chi connectivity index (χ2n) is 5.63. The third-order valence-corrected chi connectivity index (χ3v) is 2.83. The quantitative estimate of drug-likeness (QED) is 0.905. The van der Waals surface area contributed by atoms with Gasteiger partial charge >= 0.3 is 5.97 Å². The Bertz CT molecular complexity index is 581. The van der Waals surface area contributed by atoms with Gasteiger partial charge in [-0.05, 0) is 30.0 Å². The van der Waals surface area contributed by atoms with E-state index in [-0.39, 0.29) is 11.0 Å². The molecule has 0 radical (unpaired) electrons. The number of hydrogen-bond acceptors (Lipinski definition) is 3. The number of benzene rings is 1. The van der Waals surface area contributed by atoms with Gasteiger partial charge in [0.2, 0.25) is 0 Å². The van der Waals surface area contributed by atoms with Gasteiger partial charge in [-0.2, -0.15) is 0 Å². The molecule has 5 heteroatoms. The number of aromatic nitrogens is 3. The summed E-state index contributed by atoms with van der Waals surface area (Å²) in [4.78, 5) is 10.9. The SMILES string of the molecule is CC(C)(C)CCn1nnc2ccc(C(=O)O)cc21. The summed E-state index contributed by atoms with van der Waals surface area (Å²) in [6, 6.07) is 4.87. The lowest BCUT2D eigenvalue weighted by Crippen LogP contribution is -2.11. The summed E-state index contributed by atoms with van der Waals surface area (Å²) in [5.74, 6) is -0.930. The van der Waals surface area contributed by atoms with Crippen molar-refractivity contribution in [2.75, 3.05) is 0 Å². The molecule has 2 aromatic rings. The van der Waals surface area contributed by atoms with E-state index < -0.39 is 5.97 Å². The summed E-state index contributed by atoms with van der Waals surface area (Å²) < 4.78 is 1.77. The highest BCUT2D eigenvalue weighted by Crippen LogP contribution is 2.21. The molecule has 2 rings (SSSR count). The number of aromatic carboxylic acids is 1. The van der Waals surface area contributed by atoms with E-state index in [0.717, 1.165) is 24.0 Å². The van der Waals surface area contributed by atoms with Gasteiger partial charge in [0.05, 0.1) is 11.1 Å². The Kier molecular flexibility index (Phi) is 3.07. The van der Waals surface area contributed by atoms with Crippen LogP contribution >= 0.6 is 0 Å². The fraction of sp³-hybridized carbons (Fsp3) is 0.462. The van der Waals surface area contributed by atoms with Crippen LogP contribution in [0.25, 0.3) is 11.0 Å². The molecule has 0 saturated heterocycles. The minimum Gasteiger partial charge on any atom is -0.478 e. The van der Waals surface area contributed by atoms with E-state index in [2.05, 4.69) is 31.1 Å². The van der Waals surface area contributed by atoms with Gasteiger partial charge in [-0.1, -0.05) is 26.0 Å². The average Bonchev–Trinajstić information content (AvgIpc) is 2.67. The van der Waals surface area contributed by atoms with Crippen molar-refractivity contribution in [2.24, 2.45) is 5.41 Å². The summed E-state index contributed by atoms with van der Waals surface area (Å²) in [6.07, 6.45) is 0.961. The maximum atomic E-state index is 10.9. The molecule has 0 aliphatic heterocycles. The van der Waals surface area contributed by atoms with Crippen LogP contribution in [-0.4, -0.2) is 26.1 Å². The third-order valence-electron chi connectivity index (χ3n) is 2.83. The monoisotopic (exact) mass is 247 g/mol. The Morgan fingerprint density at radius 2 is 2.11 bits per heavy atom.